The fourth-order valence-electron chi connectivity index (χ4n) is 4.01. The number of aryl methyl sites for hydroxylation is 1. The number of likely N-dealkylation sites (tertiary alicyclic amines) is 1. The molecule has 2 fully saturated rings. The Morgan fingerprint density at radius 2 is 2.14 bits per heavy atom. The van der Waals surface area contributed by atoms with Crippen molar-refractivity contribution in [1.29, 1.82) is 0 Å². The smallest absolute Gasteiger partial charge is 0.320 e. The van der Waals surface area contributed by atoms with Gasteiger partial charge in [-0.1, -0.05) is 24.2 Å². The van der Waals surface area contributed by atoms with Gasteiger partial charge in [-0.2, -0.15) is 0 Å². The van der Waals surface area contributed by atoms with Gasteiger partial charge in [0, 0.05) is 30.2 Å². The number of rotatable bonds is 4. The number of carbonyl (C=O) groups is 1. The van der Waals surface area contributed by atoms with Crippen LogP contribution in [0, 0.1) is 12.8 Å². The molecular weight excluding hydrogens is 288 g/mol. The number of fused-ring (bicyclic) bond motifs is 1. The molecule has 2 aliphatic rings. The van der Waals surface area contributed by atoms with E-state index in [4.69, 9.17) is 0 Å². The molecule has 1 saturated heterocycles. The second-order valence-electron chi connectivity index (χ2n) is 6.23. The van der Waals surface area contributed by atoms with Gasteiger partial charge in [-0.05, 0) is 32.1 Å². The summed E-state index contributed by atoms with van der Waals surface area (Å²) in [7, 11) is 0. The Balaban J connectivity index is 1.75. The van der Waals surface area contributed by atoms with Crippen LogP contribution in [0.1, 0.15) is 37.8 Å². The molecule has 1 aliphatic carbocycles. The van der Waals surface area contributed by atoms with Gasteiger partial charge in [-0.25, -0.2) is 0 Å². The monoisotopic (exact) mass is 310 g/mol. The highest BCUT2D eigenvalue weighted by atomic mass is 32.1. The molecule has 1 N–H and O–H groups in total. The van der Waals surface area contributed by atoms with Crippen molar-refractivity contribution in [2.24, 2.45) is 5.92 Å². The number of hydrogen-bond acceptors (Lipinski definition) is 4. The Bertz CT molecular complexity index is 580. The molecule has 1 saturated carbocycles. The van der Waals surface area contributed by atoms with Crippen molar-refractivity contribution in [3.8, 4) is 0 Å². The van der Waals surface area contributed by atoms with Crippen LogP contribution in [-0.4, -0.2) is 39.2 Å². The largest absolute Gasteiger partial charge is 0.480 e. The predicted molar refractivity (Wildman–Crippen MR) is 81.8 cm³/mol. The molecule has 21 heavy (non-hydrogen) atoms. The van der Waals surface area contributed by atoms with E-state index in [1.165, 1.54) is 24.2 Å². The van der Waals surface area contributed by atoms with E-state index in [1.54, 1.807) is 4.57 Å². The van der Waals surface area contributed by atoms with Crippen LogP contribution in [0.3, 0.4) is 0 Å². The molecule has 3 rings (SSSR count). The number of aliphatic carboxylic acids is 1. The van der Waals surface area contributed by atoms with Gasteiger partial charge in [0.25, 0.3) is 0 Å². The first kappa shape index (κ1) is 14.8. The molecule has 1 aliphatic heterocycles. The number of hydrogen-bond donors (Lipinski definition) is 1. The van der Waals surface area contributed by atoms with Gasteiger partial charge in [0.15, 0.2) is 0 Å². The number of carboxylic acid groups (broad SMARTS) is 1. The standard InChI is InChI=1S/C15H22N2O3S/c1-10-9-21-15(20)16(10)6-7-17-12-5-3-2-4-11(12)8-13(17)14(18)19/h9,11-13H,2-8H2,1H3,(H,18,19). The summed E-state index contributed by atoms with van der Waals surface area (Å²) in [5, 5.41) is 11.4. The minimum absolute atomic E-state index is 0.0544. The van der Waals surface area contributed by atoms with Gasteiger partial charge in [-0.15, -0.1) is 0 Å². The third-order valence-corrected chi connectivity index (χ3v) is 5.95. The average Bonchev–Trinajstić information content (AvgIpc) is 2.98. The molecule has 0 aromatic carbocycles. The molecular formula is C15H22N2O3S. The SMILES string of the molecule is Cc1csc(=O)n1CCN1C(C(=O)O)CC2CCCCC21. The van der Waals surface area contributed by atoms with Crippen LogP contribution in [0.15, 0.2) is 10.2 Å². The molecule has 0 radical (unpaired) electrons. The van der Waals surface area contributed by atoms with Crippen molar-refractivity contribution >= 4 is 17.3 Å². The Kier molecular flexibility index (Phi) is 4.17. The Morgan fingerprint density at radius 3 is 2.81 bits per heavy atom. The average molecular weight is 310 g/mol. The summed E-state index contributed by atoms with van der Waals surface area (Å²) in [6.45, 7) is 3.19. The molecule has 2 heterocycles. The van der Waals surface area contributed by atoms with Crippen LogP contribution >= 0.6 is 11.3 Å². The summed E-state index contributed by atoms with van der Waals surface area (Å²) < 4.78 is 1.76. The zero-order valence-corrected chi connectivity index (χ0v) is 13.1. The molecule has 0 amide bonds. The maximum Gasteiger partial charge on any atom is 0.320 e. The fraction of sp³-hybridized carbons (Fsp3) is 0.733. The highest BCUT2D eigenvalue weighted by molar-refractivity contribution is 7.07. The quantitative estimate of drug-likeness (QED) is 0.923. The summed E-state index contributed by atoms with van der Waals surface area (Å²) in [5.74, 6) is -0.182. The first-order valence-corrected chi connectivity index (χ1v) is 8.59. The Hall–Kier alpha value is -1.14. The molecule has 3 unspecified atom stereocenters. The minimum atomic E-state index is -0.709. The van der Waals surface area contributed by atoms with Gasteiger partial charge in [-0.3, -0.25) is 14.5 Å². The molecule has 5 nitrogen and oxygen atoms in total. The molecule has 1 aromatic heterocycles. The third-order valence-electron chi connectivity index (χ3n) is 5.06. The van der Waals surface area contributed by atoms with E-state index in [0.29, 0.717) is 25.0 Å². The summed E-state index contributed by atoms with van der Waals surface area (Å²) in [6.07, 6.45) is 5.46. The number of carboxylic acids is 1. The van der Waals surface area contributed by atoms with E-state index < -0.39 is 5.97 Å². The molecule has 116 valence electrons. The van der Waals surface area contributed by atoms with Crippen LogP contribution in [-0.2, 0) is 11.3 Å². The molecule has 0 spiro atoms. The Morgan fingerprint density at radius 1 is 1.38 bits per heavy atom. The maximum absolute atomic E-state index is 11.8. The van der Waals surface area contributed by atoms with E-state index in [1.807, 2.05) is 12.3 Å². The van der Waals surface area contributed by atoms with E-state index >= 15 is 0 Å². The Labute approximate surface area is 128 Å². The molecule has 1 aromatic rings. The second kappa shape index (κ2) is 5.93. The van der Waals surface area contributed by atoms with Gasteiger partial charge in [0.2, 0.25) is 0 Å². The van der Waals surface area contributed by atoms with Crippen molar-refractivity contribution < 1.29 is 9.90 Å². The van der Waals surface area contributed by atoms with Crippen LogP contribution in [0.25, 0.3) is 0 Å². The van der Waals surface area contributed by atoms with E-state index in [0.717, 1.165) is 25.0 Å². The summed E-state index contributed by atoms with van der Waals surface area (Å²) in [6, 6.07) is 0.0298. The first-order valence-electron chi connectivity index (χ1n) is 7.71. The van der Waals surface area contributed by atoms with Crippen molar-refractivity contribution in [2.45, 2.75) is 57.7 Å². The number of nitrogens with zero attached hydrogens (tertiary/aromatic N) is 2. The lowest BCUT2D eigenvalue weighted by atomic mass is 9.85. The predicted octanol–water partition coefficient (Wildman–Crippen LogP) is 1.94. The third kappa shape index (κ3) is 2.79. The van der Waals surface area contributed by atoms with Gasteiger partial charge < -0.3 is 9.67 Å². The lowest BCUT2D eigenvalue weighted by Gasteiger charge is -2.33. The lowest BCUT2D eigenvalue weighted by molar-refractivity contribution is -0.142. The molecule has 6 heteroatoms. The van der Waals surface area contributed by atoms with Gasteiger partial charge in [0.1, 0.15) is 6.04 Å². The highest BCUT2D eigenvalue weighted by Gasteiger charge is 2.44. The number of aromatic nitrogens is 1. The maximum atomic E-state index is 11.8. The van der Waals surface area contributed by atoms with E-state index in [9.17, 15) is 14.7 Å². The highest BCUT2D eigenvalue weighted by Crippen LogP contribution is 2.39. The van der Waals surface area contributed by atoms with Crippen LogP contribution < -0.4 is 4.87 Å². The van der Waals surface area contributed by atoms with Crippen LogP contribution in [0.4, 0.5) is 0 Å². The molecule has 3 atom stereocenters. The lowest BCUT2D eigenvalue weighted by Crippen LogP contribution is -2.44. The zero-order valence-electron chi connectivity index (χ0n) is 12.3. The number of thiazole rings is 1. The summed E-state index contributed by atoms with van der Waals surface area (Å²) in [4.78, 5) is 25.5. The summed E-state index contributed by atoms with van der Waals surface area (Å²) >= 11 is 1.22. The van der Waals surface area contributed by atoms with Crippen molar-refractivity contribution in [2.75, 3.05) is 6.54 Å². The molecule has 0 bridgehead atoms. The van der Waals surface area contributed by atoms with E-state index in [2.05, 4.69) is 4.90 Å². The van der Waals surface area contributed by atoms with Crippen LogP contribution in [0.5, 0.6) is 0 Å². The topological polar surface area (TPSA) is 62.5 Å². The fourth-order valence-corrected chi connectivity index (χ4v) is 4.77. The normalized spacial score (nSPS) is 29.5. The van der Waals surface area contributed by atoms with Gasteiger partial charge in [0.05, 0.1) is 0 Å². The zero-order chi connectivity index (χ0) is 15.0. The van der Waals surface area contributed by atoms with Gasteiger partial charge >= 0.3 is 10.8 Å². The minimum Gasteiger partial charge on any atom is -0.480 e. The second-order valence-corrected chi connectivity index (χ2v) is 7.05. The van der Waals surface area contributed by atoms with E-state index in [-0.39, 0.29) is 10.9 Å². The van der Waals surface area contributed by atoms with Crippen molar-refractivity contribution in [3.63, 3.8) is 0 Å². The summed E-state index contributed by atoms with van der Waals surface area (Å²) in [5.41, 5.74) is 0.969. The van der Waals surface area contributed by atoms with Crippen molar-refractivity contribution in [1.82, 2.24) is 9.47 Å². The van der Waals surface area contributed by atoms with Crippen LogP contribution in [0.2, 0.25) is 0 Å². The van der Waals surface area contributed by atoms with Crippen molar-refractivity contribution in [3.05, 3.63) is 20.7 Å². The first-order chi connectivity index (χ1) is 10.1.